The van der Waals surface area contributed by atoms with E-state index in [1.54, 1.807) is 6.07 Å². The topological polar surface area (TPSA) is 60.2 Å². The average molecular weight is 284 g/mol. The van der Waals surface area contributed by atoms with Gasteiger partial charge < -0.3 is 0 Å². The number of nitro groups is 1. The molecule has 1 aromatic rings. The molecule has 1 aliphatic carbocycles. The van der Waals surface area contributed by atoms with E-state index in [0.717, 1.165) is 5.56 Å². The van der Waals surface area contributed by atoms with E-state index in [0.29, 0.717) is 22.9 Å². The minimum atomic E-state index is -0.451. The number of fused-ring (bicyclic) bond motifs is 1. The number of halogens is 1. The summed E-state index contributed by atoms with van der Waals surface area (Å²) >= 11 is 3.08. The Kier molecular flexibility index (Phi) is 3.95. The van der Waals surface area contributed by atoms with Gasteiger partial charge in [-0.05, 0) is 34.0 Å². The molecule has 0 amide bonds. The molecule has 1 aliphatic rings. The number of aryl methyl sites for hydroxylation is 1. The van der Waals surface area contributed by atoms with Crippen LogP contribution in [0.15, 0.2) is 29.8 Å². The molecular weight excluding hydrogens is 274 g/mol. The lowest BCUT2D eigenvalue weighted by Gasteiger charge is -1.99. The van der Waals surface area contributed by atoms with Gasteiger partial charge in [0.15, 0.2) is 5.78 Å². The van der Waals surface area contributed by atoms with Gasteiger partial charge in [-0.3, -0.25) is 14.9 Å². The van der Waals surface area contributed by atoms with Crippen LogP contribution in [0.5, 0.6) is 0 Å². The SMILES string of the molecule is C=C.O=C1CCc2cc([N+](=O)[O-])c(Br)cc21. The molecule has 4 nitrogen and oxygen atoms in total. The van der Waals surface area contributed by atoms with Crippen LogP contribution in [0.3, 0.4) is 0 Å². The van der Waals surface area contributed by atoms with Gasteiger partial charge in [0.2, 0.25) is 0 Å². The lowest BCUT2D eigenvalue weighted by atomic mass is 10.1. The molecule has 0 fully saturated rings. The van der Waals surface area contributed by atoms with Crippen LogP contribution in [0.25, 0.3) is 0 Å². The summed E-state index contributed by atoms with van der Waals surface area (Å²) in [6, 6.07) is 3.02. The number of ketones is 1. The Bertz CT molecular complexity index is 457. The van der Waals surface area contributed by atoms with Crippen LogP contribution in [0.4, 0.5) is 5.69 Å². The predicted molar refractivity (Wildman–Crippen MR) is 64.7 cm³/mol. The number of carbonyl (C=O) groups excluding carboxylic acids is 1. The third kappa shape index (κ3) is 2.19. The molecule has 0 atom stereocenters. The largest absolute Gasteiger partial charge is 0.294 e. The molecule has 0 heterocycles. The molecule has 0 unspecified atom stereocenters. The summed E-state index contributed by atoms with van der Waals surface area (Å²) in [4.78, 5) is 21.5. The Hall–Kier alpha value is -1.49. The van der Waals surface area contributed by atoms with Crippen molar-refractivity contribution in [3.63, 3.8) is 0 Å². The maximum absolute atomic E-state index is 11.3. The van der Waals surface area contributed by atoms with Gasteiger partial charge in [-0.15, -0.1) is 13.2 Å². The van der Waals surface area contributed by atoms with Gasteiger partial charge in [-0.2, -0.15) is 0 Å². The number of carbonyl (C=O) groups is 1. The van der Waals surface area contributed by atoms with Crippen LogP contribution in [-0.2, 0) is 6.42 Å². The molecule has 0 aliphatic heterocycles. The summed E-state index contributed by atoms with van der Waals surface area (Å²) in [6.07, 6.45) is 1.07. The minimum absolute atomic E-state index is 0.0263. The summed E-state index contributed by atoms with van der Waals surface area (Å²) in [5.74, 6) is 0.0654. The molecule has 0 aromatic heterocycles. The second-order valence-electron chi connectivity index (χ2n) is 3.14. The monoisotopic (exact) mass is 283 g/mol. The number of Topliss-reactive ketones (excluding diaryl/α,β-unsaturated/α-hetero) is 1. The van der Waals surface area contributed by atoms with Gasteiger partial charge in [-0.25, -0.2) is 0 Å². The first kappa shape index (κ1) is 12.6. The van der Waals surface area contributed by atoms with Gasteiger partial charge in [0.05, 0.1) is 9.40 Å². The quantitative estimate of drug-likeness (QED) is 0.451. The van der Waals surface area contributed by atoms with E-state index in [1.165, 1.54) is 6.07 Å². The van der Waals surface area contributed by atoms with E-state index >= 15 is 0 Å². The molecule has 0 saturated heterocycles. The van der Waals surface area contributed by atoms with E-state index in [9.17, 15) is 14.9 Å². The Balaban J connectivity index is 0.000000606. The molecule has 84 valence electrons. The molecule has 16 heavy (non-hydrogen) atoms. The second kappa shape index (κ2) is 5.03. The minimum Gasteiger partial charge on any atom is -0.294 e. The molecule has 0 radical (unpaired) electrons. The number of nitro benzene ring substituents is 1. The third-order valence-electron chi connectivity index (χ3n) is 2.29. The summed E-state index contributed by atoms with van der Waals surface area (Å²) < 4.78 is 0.372. The summed E-state index contributed by atoms with van der Waals surface area (Å²) in [6.45, 7) is 6.00. The van der Waals surface area contributed by atoms with Crippen molar-refractivity contribution in [3.8, 4) is 0 Å². The first-order chi connectivity index (χ1) is 7.59. The number of benzene rings is 1. The van der Waals surface area contributed by atoms with Gasteiger partial charge in [0, 0.05) is 18.1 Å². The highest BCUT2D eigenvalue weighted by molar-refractivity contribution is 9.10. The van der Waals surface area contributed by atoms with Crippen LogP contribution < -0.4 is 0 Å². The van der Waals surface area contributed by atoms with Crippen molar-refractivity contribution in [2.75, 3.05) is 0 Å². The van der Waals surface area contributed by atoms with E-state index in [1.807, 2.05) is 0 Å². The Morgan fingerprint density at radius 1 is 1.31 bits per heavy atom. The normalized spacial score (nSPS) is 12.7. The first-order valence-electron chi connectivity index (χ1n) is 4.59. The van der Waals surface area contributed by atoms with Gasteiger partial charge in [0.1, 0.15) is 0 Å². The summed E-state index contributed by atoms with van der Waals surface area (Å²) in [5, 5.41) is 10.6. The van der Waals surface area contributed by atoms with Crippen molar-refractivity contribution < 1.29 is 9.72 Å². The summed E-state index contributed by atoms with van der Waals surface area (Å²) in [5.41, 5.74) is 1.42. The van der Waals surface area contributed by atoms with Gasteiger partial charge in [0.25, 0.3) is 5.69 Å². The third-order valence-corrected chi connectivity index (χ3v) is 2.93. The van der Waals surface area contributed by atoms with Crippen LogP contribution in [-0.4, -0.2) is 10.7 Å². The van der Waals surface area contributed by atoms with E-state index in [4.69, 9.17) is 0 Å². The van der Waals surface area contributed by atoms with Crippen molar-refractivity contribution in [2.45, 2.75) is 12.8 Å². The number of nitrogens with zero attached hydrogens (tertiary/aromatic N) is 1. The van der Waals surface area contributed by atoms with Crippen molar-refractivity contribution in [2.24, 2.45) is 0 Å². The highest BCUT2D eigenvalue weighted by atomic mass is 79.9. The number of hydrogen-bond donors (Lipinski definition) is 0. The molecule has 0 spiro atoms. The molecule has 2 rings (SSSR count). The smallest absolute Gasteiger partial charge is 0.283 e. The molecular formula is C11H10BrNO3. The Morgan fingerprint density at radius 2 is 1.94 bits per heavy atom. The van der Waals surface area contributed by atoms with E-state index in [-0.39, 0.29) is 11.5 Å². The zero-order chi connectivity index (χ0) is 12.3. The van der Waals surface area contributed by atoms with E-state index < -0.39 is 4.92 Å². The number of hydrogen-bond acceptors (Lipinski definition) is 3. The molecule has 1 aromatic carbocycles. The Labute approximate surface area is 101 Å². The standard InChI is InChI=1S/C9H6BrNO3.C2H4/c10-7-4-6-5(1-2-9(6)12)3-8(7)11(13)14;1-2/h3-4H,1-2H2;1-2H2. The van der Waals surface area contributed by atoms with Gasteiger partial charge in [-0.1, -0.05) is 0 Å². The van der Waals surface area contributed by atoms with Crippen LogP contribution in [0, 0.1) is 10.1 Å². The second-order valence-corrected chi connectivity index (χ2v) is 4.00. The molecule has 0 N–H and O–H groups in total. The average Bonchev–Trinajstić information content (AvgIpc) is 2.62. The molecule has 5 heteroatoms. The summed E-state index contributed by atoms with van der Waals surface area (Å²) in [7, 11) is 0. The van der Waals surface area contributed by atoms with Crippen molar-refractivity contribution in [1.82, 2.24) is 0 Å². The predicted octanol–water partition coefficient (Wildman–Crippen LogP) is 3.29. The molecule has 0 bridgehead atoms. The zero-order valence-electron chi connectivity index (χ0n) is 8.53. The highest BCUT2D eigenvalue weighted by Crippen LogP contribution is 2.32. The lowest BCUT2D eigenvalue weighted by Crippen LogP contribution is -1.95. The zero-order valence-corrected chi connectivity index (χ0v) is 10.1. The fraction of sp³-hybridized carbons (Fsp3) is 0.182. The fourth-order valence-corrected chi connectivity index (χ4v) is 2.08. The fourth-order valence-electron chi connectivity index (χ4n) is 1.59. The maximum atomic E-state index is 11.3. The van der Waals surface area contributed by atoms with Crippen molar-refractivity contribution in [1.29, 1.82) is 0 Å². The Morgan fingerprint density at radius 3 is 2.50 bits per heavy atom. The van der Waals surface area contributed by atoms with Crippen molar-refractivity contribution in [3.05, 3.63) is 51.0 Å². The van der Waals surface area contributed by atoms with Crippen LogP contribution in [0.2, 0.25) is 0 Å². The highest BCUT2D eigenvalue weighted by Gasteiger charge is 2.24. The van der Waals surface area contributed by atoms with Gasteiger partial charge >= 0.3 is 0 Å². The van der Waals surface area contributed by atoms with Crippen molar-refractivity contribution >= 4 is 27.4 Å². The van der Waals surface area contributed by atoms with Crippen LogP contribution >= 0.6 is 15.9 Å². The molecule has 0 saturated carbocycles. The van der Waals surface area contributed by atoms with Crippen LogP contribution in [0.1, 0.15) is 22.3 Å². The first-order valence-corrected chi connectivity index (χ1v) is 5.39. The van der Waals surface area contributed by atoms with E-state index in [2.05, 4.69) is 29.1 Å². The maximum Gasteiger partial charge on any atom is 0.283 e. The lowest BCUT2D eigenvalue weighted by molar-refractivity contribution is -0.385. The number of rotatable bonds is 1.